The molecule has 1 aromatic carbocycles. The molecule has 0 fully saturated rings. The van der Waals surface area contributed by atoms with Gasteiger partial charge in [0.2, 0.25) is 0 Å². The molecule has 1 amide bonds. The van der Waals surface area contributed by atoms with Crippen LogP contribution in [0.1, 0.15) is 24.2 Å². The van der Waals surface area contributed by atoms with Gasteiger partial charge in [-0.2, -0.15) is 0 Å². The number of likely N-dealkylation sites (N-methyl/N-ethyl adjacent to an activating group) is 1. The van der Waals surface area contributed by atoms with Crippen molar-refractivity contribution in [3.8, 4) is 0 Å². The van der Waals surface area contributed by atoms with Crippen LogP contribution in [0.3, 0.4) is 0 Å². The number of nitrogens with two attached hydrogens (primary N) is 1. The third-order valence-corrected chi connectivity index (χ3v) is 4.32. The predicted molar refractivity (Wildman–Crippen MR) is 84.1 cm³/mol. The standard InChI is InChI=1S/C14H23N3O3S/c1-4-17(5-2)7-6-16-14(18)11-8-12(15)10-13(9-11)21(3,19)20/h8-10H,4-7,15H2,1-3H3,(H,16,18). The molecule has 0 aliphatic heterocycles. The lowest BCUT2D eigenvalue weighted by molar-refractivity contribution is 0.0948. The molecule has 3 N–H and O–H groups in total. The van der Waals surface area contributed by atoms with Gasteiger partial charge < -0.3 is 16.0 Å². The van der Waals surface area contributed by atoms with Crippen LogP contribution in [0.15, 0.2) is 23.1 Å². The fraction of sp³-hybridized carbons (Fsp3) is 0.500. The summed E-state index contributed by atoms with van der Waals surface area (Å²) in [7, 11) is -3.39. The van der Waals surface area contributed by atoms with E-state index >= 15 is 0 Å². The second kappa shape index (κ2) is 7.42. The highest BCUT2D eigenvalue weighted by Gasteiger charge is 2.13. The van der Waals surface area contributed by atoms with Crippen molar-refractivity contribution in [2.24, 2.45) is 0 Å². The zero-order valence-corrected chi connectivity index (χ0v) is 13.5. The summed E-state index contributed by atoms with van der Waals surface area (Å²) in [5.74, 6) is -0.320. The van der Waals surface area contributed by atoms with Gasteiger partial charge in [-0.25, -0.2) is 8.42 Å². The smallest absolute Gasteiger partial charge is 0.251 e. The first-order valence-corrected chi connectivity index (χ1v) is 8.78. The SMILES string of the molecule is CCN(CC)CCNC(=O)c1cc(N)cc(S(C)(=O)=O)c1. The number of nitrogens with one attached hydrogen (secondary N) is 1. The Morgan fingerprint density at radius 1 is 1.24 bits per heavy atom. The maximum Gasteiger partial charge on any atom is 0.251 e. The first-order chi connectivity index (χ1) is 9.77. The van der Waals surface area contributed by atoms with E-state index in [1.165, 1.54) is 18.2 Å². The second-order valence-electron chi connectivity index (χ2n) is 4.85. The Morgan fingerprint density at radius 3 is 2.38 bits per heavy atom. The Balaban J connectivity index is 2.77. The Bertz CT molecular complexity index is 595. The minimum absolute atomic E-state index is 0.0522. The Hall–Kier alpha value is -1.60. The molecule has 0 aromatic heterocycles. The molecular formula is C14H23N3O3S. The van der Waals surface area contributed by atoms with Crippen molar-refractivity contribution < 1.29 is 13.2 Å². The molecule has 0 spiro atoms. The maximum atomic E-state index is 12.1. The molecule has 1 aromatic rings. The molecule has 0 saturated carbocycles. The number of hydrogen-bond donors (Lipinski definition) is 2. The van der Waals surface area contributed by atoms with Gasteiger partial charge in [-0.3, -0.25) is 4.79 Å². The number of carbonyl (C=O) groups is 1. The molecule has 0 aliphatic carbocycles. The number of hydrogen-bond acceptors (Lipinski definition) is 5. The summed E-state index contributed by atoms with van der Waals surface area (Å²) in [5.41, 5.74) is 6.18. The first kappa shape index (κ1) is 17.5. The fourth-order valence-electron chi connectivity index (χ4n) is 1.94. The molecule has 0 aliphatic rings. The van der Waals surface area contributed by atoms with E-state index in [2.05, 4.69) is 24.1 Å². The third-order valence-electron chi connectivity index (χ3n) is 3.23. The number of nitrogens with zero attached hydrogens (tertiary/aromatic N) is 1. The zero-order valence-electron chi connectivity index (χ0n) is 12.7. The van der Waals surface area contributed by atoms with Crippen LogP contribution in [0.5, 0.6) is 0 Å². The van der Waals surface area contributed by atoms with Crippen LogP contribution in [0.25, 0.3) is 0 Å². The summed E-state index contributed by atoms with van der Waals surface area (Å²) in [5, 5.41) is 2.77. The molecular weight excluding hydrogens is 290 g/mol. The third kappa shape index (κ3) is 5.35. The van der Waals surface area contributed by atoms with Crippen molar-refractivity contribution >= 4 is 21.4 Å². The molecule has 0 saturated heterocycles. The lowest BCUT2D eigenvalue weighted by Gasteiger charge is -2.18. The average molecular weight is 313 g/mol. The molecule has 0 atom stereocenters. The van der Waals surface area contributed by atoms with Gasteiger partial charge in [-0.15, -0.1) is 0 Å². The molecule has 118 valence electrons. The minimum atomic E-state index is -3.39. The maximum absolute atomic E-state index is 12.1. The van der Waals surface area contributed by atoms with Gasteiger partial charge >= 0.3 is 0 Å². The van der Waals surface area contributed by atoms with E-state index in [-0.39, 0.29) is 22.1 Å². The van der Waals surface area contributed by atoms with Crippen LogP contribution in [-0.2, 0) is 9.84 Å². The van der Waals surface area contributed by atoms with E-state index in [9.17, 15) is 13.2 Å². The monoisotopic (exact) mass is 313 g/mol. The molecule has 6 nitrogen and oxygen atoms in total. The highest BCUT2D eigenvalue weighted by Crippen LogP contribution is 2.16. The second-order valence-corrected chi connectivity index (χ2v) is 6.86. The van der Waals surface area contributed by atoms with Crippen molar-refractivity contribution in [2.75, 3.05) is 38.2 Å². The summed E-state index contributed by atoms with van der Waals surface area (Å²) in [6.07, 6.45) is 1.09. The minimum Gasteiger partial charge on any atom is -0.399 e. The average Bonchev–Trinajstić information content (AvgIpc) is 2.41. The van der Waals surface area contributed by atoms with Gasteiger partial charge in [0.05, 0.1) is 4.90 Å². The summed E-state index contributed by atoms with van der Waals surface area (Å²) < 4.78 is 23.1. The van der Waals surface area contributed by atoms with Crippen LogP contribution in [-0.4, -0.2) is 51.7 Å². The molecule has 7 heteroatoms. The van der Waals surface area contributed by atoms with E-state index in [1.54, 1.807) is 0 Å². The normalized spacial score (nSPS) is 11.6. The number of amides is 1. The topological polar surface area (TPSA) is 92.5 Å². The molecule has 21 heavy (non-hydrogen) atoms. The van der Waals surface area contributed by atoms with Crippen LogP contribution >= 0.6 is 0 Å². The summed E-state index contributed by atoms with van der Waals surface area (Å²) >= 11 is 0. The first-order valence-electron chi connectivity index (χ1n) is 6.89. The van der Waals surface area contributed by atoms with E-state index < -0.39 is 9.84 Å². The number of rotatable bonds is 7. The van der Waals surface area contributed by atoms with Crippen molar-refractivity contribution in [3.05, 3.63) is 23.8 Å². The van der Waals surface area contributed by atoms with Crippen LogP contribution in [0.2, 0.25) is 0 Å². The van der Waals surface area contributed by atoms with E-state index in [1.807, 2.05) is 0 Å². The fourth-order valence-corrected chi connectivity index (χ4v) is 2.63. The highest BCUT2D eigenvalue weighted by atomic mass is 32.2. The van der Waals surface area contributed by atoms with Gasteiger partial charge in [-0.05, 0) is 31.3 Å². The summed E-state index contributed by atoms with van der Waals surface area (Å²) in [6.45, 7) is 7.21. The van der Waals surface area contributed by atoms with E-state index in [0.29, 0.717) is 6.54 Å². The summed E-state index contributed by atoms with van der Waals surface area (Å²) in [4.78, 5) is 14.3. The Kier molecular flexibility index (Phi) is 6.17. The predicted octanol–water partition coefficient (Wildman–Crippen LogP) is 0.744. The number of anilines is 1. The summed E-state index contributed by atoms with van der Waals surface area (Å²) in [6, 6.07) is 4.17. The van der Waals surface area contributed by atoms with Gasteiger partial charge in [0, 0.05) is 30.6 Å². The molecule has 0 heterocycles. The number of carbonyl (C=O) groups excluding carboxylic acids is 1. The van der Waals surface area contributed by atoms with Gasteiger partial charge in [-0.1, -0.05) is 13.8 Å². The van der Waals surface area contributed by atoms with Crippen LogP contribution in [0.4, 0.5) is 5.69 Å². The number of nitrogen functional groups attached to an aromatic ring is 1. The zero-order chi connectivity index (χ0) is 16.0. The van der Waals surface area contributed by atoms with Gasteiger partial charge in [0.25, 0.3) is 5.91 Å². The quantitative estimate of drug-likeness (QED) is 0.725. The number of sulfone groups is 1. The van der Waals surface area contributed by atoms with Crippen LogP contribution in [0, 0.1) is 0 Å². The Morgan fingerprint density at radius 2 is 1.86 bits per heavy atom. The lowest BCUT2D eigenvalue weighted by Crippen LogP contribution is -2.34. The lowest BCUT2D eigenvalue weighted by atomic mass is 10.2. The van der Waals surface area contributed by atoms with Gasteiger partial charge in [0.15, 0.2) is 9.84 Å². The van der Waals surface area contributed by atoms with E-state index in [0.717, 1.165) is 25.9 Å². The van der Waals surface area contributed by atoms with Crippen molar-refractivity contribution in [1.29, 1.82) is 0 Å². The number of benzene rings is 1. The largest absolute Gasteiger partial charge is 0.399 e. The molecule has 0 bridgehead atoms. The molecule has 0 radical (unpaired) electrons. The van der Waals surface area contributed by atoms with Crippen molar-refractivity contribution in [2.45, 2.75) is 18.7 Å². The van der Waals surface area contributed by atoms with Gasteiger partial charge in [0.1, 0.15) is 0 Å². The van der Waals surface area contributed by atoms with Crippen LogP contribution < -0.4 is 11.1 Å². The van der Waals surface area contributed by atoms with Crippen molar-refractivity contribution in [3.63, 3.8) is 0 Å². The van der Waals surface area contributed by atoms with Crippen molar-refractivity contribution in [1.82, 2.24) is 10.2 Å². The molecule has 1 rings (SSSR count). The Labute approximate surface area is 126 Å². The van der Waals surface area contributed by atoms with E-state index in [4.69, 9.17) is 5.73 Å². The molecule has 0 unspecified atom stereocenters. The highest BCUT2D eigenvalue weighted by molar-refractivity contribution is 7.90.